The van der Waals surface area contributed by atoms with Gasteiger partial charge >= 0.3 is 0 Å². The molecule has 2 aliphatic heterocycles. The van der Waals surface area contributed by atoms with E-state index in [0.29, 0.717) is 0 Å². The number of hydrogen-bond acceptors (Lipinski definition) is 3. The third-order valence-corrected chi connectivity index (χ3v) is 5.52. The predicted molar refractivity (Wildman–Crippen MR) is 87.1 cm³/mol. The standard InChI is InChI=1S/C16H32N2S/c1-3-9-17-14-12-15-7-6-8-16(13-14)18(15)10-4-5-11-19-2/h14-17H,3-13H2,1-2H3. The van der Waals surface area contributed by atoms with Gasteiger partial charge in [0, 0.05) is 18.1 Å². The van der Waals surface area contributed by atoms with Crippen LogP contribution in [0.1, 0.15) is 58.3 Å². The summed E-state index contributed by atoms with van der Waals surface area (Å²) in [6.45, 7) is 4.84. The molecule has 2 unspecified atom stereocenters. The van der Waals surface area contributed by atoms with Crippen LogP contribution >= 0.6 is 11.8 Å². The average Bonchev–Trinajstić information content (AvgIpc) is 2.41. The molecule has 2 nitrogen and oxygen atoms in total. The SMILES string of the molecule is CCCNC1CC2CCCC(C1)N2CCCCSC. The summed E-state index contributed by atoms with van der Waals surface area (Å²) in [5.74, 6) is 1.34. The van der Waals surface area contributed by atoms with Crippen molar-refractivity contribution < 1.29 is 0 Å². The summed E-state index contributed by atoms with van der Waals surface area (Å²) in [6.07, 6.45) is 13.5. The molecule has 0 aromatic rings. The lowest BCUT2D eigenvalue weighted by atomic mass is 9.81. The Morgan fingerprint density at radius 3 is 2.53 bits per heavy atom. The lowest BCUT2D eigenvalue weighted by Crippen LogP contribution is -2.56. The molecular weight excluding hydrogens is 252 g/mol. The third-order valence-electron chi connectivity index (χ3n) is 4.82. The summed E-state index contributed by atoms with van der Waals surface area (Å²) in [5, 5.41) is 3.77. The first-order valence-electron chi connectivity index (χ1n) is 8.33. The lowest BCUT2D eigenvalue weighted by molar-refractivity contribution is 0.0238. The Morgan fingerprint density at radius 1 is 1.16 bits per heavy atom. The van der Waals surface area contributed by atoms with Gasteiger partial charge in [0.15, 0.2) is 0 Å². The molecule has 2 fully saturated rings. The van der Waals surface area contributed by atoms with Gasteiger partial charge in [-0.1, -0.05) is 13.3 Å². The third kappa shape index (κ3) is 4.64. The Kier molecular flexibility index (Phi) is 7.03. The second-order valence-corrected chi connectivity index (χ2v) is 7.28. The van der Waals surface area contributed by atoms with Gasteiger partial charge in [-0.05, 0) is 70.0 Å². The molecule has 2 bridgehead atoms. The number of nitrogens with one attached hydrogen (secondary N) is 1. The van der Waals surface area contributed by atoms with E-state index in [1.54, 1.807) is 0 Å². The smallest absolute Gasteiger partial charge is 0.0113 e. The summed E-state index contributed by atoms with van der Waals surface area (Å²) in [6, 6.07) is 2.57. The molecule has 2 heterocycles. The fourth-order valence-corrected chi connectivity index (χ4v) is 4.39. The molecule has 2 aliphatic rings. The van der Waals surface area contributed by atoms with E-state index >= 15 is 0 Å². The monoisotopic (exact) mass is 284 g/mol. The number of hydrogen-bond donors (Lipinski definition) is 1. The van der Waals surface area contributed by atoms with Crippen LogP contribution in [0.25, 0.3) is 0 Å². The highest BCUT2D eigenvalue weighted by Gasteiger charge is 2.37. The number of piperidine rings is 2. The Hall–Kier alpha value is 0.270. The van der Waals surface area contributed by atoms with Gasteiger partial charge in [-0.15, -0.1) is 0 Å². The van der Waals surface area contributed by atoms with Crippen LogP contribution in [-0.2, 0) is 0 Å². The van der Waals surface area contributed by atoms with E-state index in [1.165, 1.54) is 70.2 Å². The highest BCUT2D eigenvalue weighted by Crippen LogP contribution is 2.34. The largest absolute Gasteiger partial charge is 0.314 e. The first-order chi connectivity index (χ1) is 9.35. The topological polar surface area (TPSA) is 15.3 Å². The summed E-state index contributed by atoms with van der Waals surface area (Å²) < 4.78 is 0. The Bertz CT molecular complexity index is 233. The molecule has 19 heavy (non-hydrogen) atoms. The van der Waals surface area contributed by atoms with Crippen molar-refractivity contribution in [3.05, 3.63) is 0 Å². The molecule has 0 aromatic heterocycles. The molecule has 0 spiro atoms. The van der Waals surface area contributed by atoms with Crippen LogP contribution in [0.3, 0.4) is 0 Å². The predicted octanol–water partition coefficient (Wildman–Crippen LogP) is 3.51. The van der Waals surface area contributed by atoms with E-state index in [0.717, 1.165) is 18.1 Å². The number of nitrogens with zero attached hydrogens (tertiary/aromatic N) is 1. The van der Waals surface area contributed by atoms with Gasteiger partial charge in [0.25, 0.3) is 0 Å². The Labute approximate surface area is 124 Å². The first kappa shape index (κ1) is 15.7. The first-order valence-corrected chi connectivity index (χ1v) is 9.72. The van der Waals surface area contributed by atoms with E-state index in [1.807, 2.05) is 11.8 Å². The van der Waals surface area contributed by atoms with E-state index in [9.17, 15) is 0 Å². The summed E-state index contributed by atoms with van der Waals surface area (Å²) >= 11 is 1.99. The van der Waals surface area contributed by atoms with Crippen molar-refractivity contribution in [3.63, 3.8) is 0 Å². The molecule has 1 N–H and O–H groups in total. The number of fused-ring (bicyclic) bond motifs is 2. The molecule has 2 saturated heterocycles. The number of rotatable bonds is 8. The van der Waals surface area contributed by atoms with Crippen LogP contribution in [0.2, 0.25) is 0 Å². The maximum atomic E-state index is 3.77. The maximum absolute atomic E-state index is 3.77. The van der Waals surface area contributed by atoms with E-state index in [4.69, 9.17) is 0 Å². The van der Waals surface area contributed by atoms with Gasteiger partial charge in [-0.2, -0.15) is 11.8 Å². The second-order valence-electron chi connectivity index (χ2n) is 6.30. The minimum atomic E-state index is 0.803. The van der Waals surface area contributed by atoms with Gasteiger partial charge in [0.2, 0.25) is 0 Å². The van der Waals surface area contributed by atoms with Gasteiger partial charge in [-0.3, -0.25) is 4.90 Å². The molecule has 112 valence electrons. The maximum Gasteiger partial charge on any atom is 0.0113 e. The summed E-state index contributed by atoms with van der Waals surface area (Å²) in [7, 11) is 0. The molecule has 0 radical (unpaired) electrons. The van der Waals surface area contributed by atoms with Crippen molar-refractivity contribution in [2.24, 2.45) is 0 Å². The quantitative estimate of drug-likeness (QED) is 0.687. The van der Waals surface area contributed by atoms with Crippen LogP contribution in [0, 0.1) is 0 Å². The lowest BCUT2D eigenvalue weighted by Gasteiger charge is -2.49. The van der Waals surface area contributed by atoms with Crippen LogP contribution < -0.4 is 5.32 Å². The van der Waals surface area contributed by atoms with Gasteiger partial charge in [0.1, 0.15) is 0 Å². The second kappa shape index (κ2) is 8.53. The normalized spacial score (nSPS) is 31.6. The zero-order valence-electron chi connectivity index (χ0n) is 12.9. The highest BCUT2D eigenvalue weighted by molar-refractivity contribution is 7.98. The van der Waals surface area contributed by atoms with Crippen LogP contribution in [0.15, 0.2) is 0 Å². The van der Waals surface area contributed by atoms with Crippen molar-refractivity contribution in [3.8, 4) is 0 Å². The van der Waals surface area contributed by atoms with Gasteiger partial charge < -0.3 is 5.32 Å². The molecule has 0 saturated carbocycles. The zero-order chi connectivity index (χ0) is 13.5. The molecule has 0 aromatic carbocycles. The van der Waals surface area contributed by atoms with Crippen molar-refractivity contribution >= 4 is 11.8 Å². The van der Waals surface area contributed by atoms with Crippen molar-refractivity contribution in [2.75, 3.05) is 25.1 Å². The number of unbranched alkanes of at least 4 members (excludes halogenated alkanes) is 1. The van der Waals surface area contributed by atoms with E-state index in [-0.39, 0.29) is 0 Å². The average molecular weight is 285 g/mol. The minimum Gasteiger partial charge on any atom is -0.314 e. The Morgan fingerprint density at radius 2 is 1.89 bits per heavy atom. The fraction of sp³-hybridized carbons (Fsp3) is 1.00. The van der Waals surface area contributed by atoms with Crippen LogP contribution in [0.5, 0.6) is 0 Å². The van der Waals surface area contributed by atoms with Gasteiger partial charge in [0.05, 0.1) is 0 Å². The molecular formula is C16H32N2S. The van der Waals surface area contributed by atoms with Crippen molar-refractivity contribution in [1.29, 1.82) is 0 Å². The van der Waals surface area contributed by atoms with Crippen LogP contribution in [-0.4, -0.2) is 48.1 Å². The summed E-state index contributed by atoms with van der Waals surface area (Å²) in [5.41, 5.74) is 0. The molecule has 3 heteroatoms. The minimum absolute atomic E-state index is 0.803. The highest BCUT2D eigenvalue weighted by atomic mass is 32.2. The van der Waals surface area contributed by atoms with E-state index < -0.39 is 0 Å². The van der Waals surface area contributed by atoms with Crippen molar-refractivity contribution in [2.45, 2.75) is 76.4 Å². The van der Waals surface area contributed by atoms with Crippen molar-refractivity contribution in [1.82, 2.24) is 10.2 Å². The summed E-state index contributed by atoms with van der Waals surface area (Å²) in [4.78, 5) is 2.87. The van der Waals surface area contributed by atoms with Crippen LogP contribution in [0.4, 0.5) is 0 Å². The molecule has 0 amide bonds. The van der Waals surface area contributed by atoms with E-state index in [2.05, 4.69) is 23.4 Å². The molecule has 2 atom stereocenters. The molecule has 2 rings (SSSR count). The Balaban J connectivity index is 1.78. The van der Waals surface area contributed by atoms with Gasteiger partial charge in [-0.25, -0.2) is 0 Å². The fourth-order valence-electron chi connectivity index (χ4n) is 3.90. The molecule has 0 aliphatic carbocycles. The zero-order valence-corrected chi connectivity index (χ0v) is 13.7. The number of thioether (sulfide) groups is 1.